The molecule has 178 valence electrons. The Morgan fingerprint density at radius 2 is 1.91 bits per heavy atom. The number of Topliss-reactive ketones (excluding diaryl/α,β-unsaturated/α-hetero) is 1. The van der Waals surface area contributed by atoms with Crippen molar-refractivity contribution >= 4 is 29.2 Å². The second-order valence-electron chi connectivity index (χ2n) is 9.44. The van der Waals surface area contributed by atoms with Crippen molar-refractivity contribution in [3.05, 3.63) is 33.3 Å². The van der Waals surface area contributed by atoms with Crippen molar-refractivity contribution in [3.63, 3.8) is 0 Å². The van der Waals surface area contributed by atoms with Crippen LogP contribution in [0.3, 0.4) is 0 Å². The van der Waals surface area contributed by atoms with Gasteiger partial charge in [0.15, 0.2) is 0 Å². The summed E-state index contributed by atoms with van der Waals surface area (Å²) in [7, 11) is 0. The summed E-state index contributed by atoms with van der Waals surface area (Å²) in [4.78, 5) is 29.9. The van der Waals surface area contributed by atoms with E-state index < -0.39 is 12.0 Å². The number of aromatic nitrogens is 1. The summed E-state index contributed by atoms with van der Waals surface area (Å²) in [5.74, 6) is -0.933. The van der Waals surface area contributed by atoms with E-state index in [1.165, 1.54) is 5.57 Å². The number of ether oxygens (including phenoxy) is 1. The Morgan fingerprint density at radius 1 is 1.19 bits per heavy atom. The highest BCUT2D eigenvalue weighted by molar-refractivity contribution is 7.09. The predicted octanol–water partition coefficient (Wildman–Crippen LogP) is 5.91. The molecule has 0 radical (unpaired) electrons. The molecule has 0 saturated carbocycles. The summed E-state index contributed by atoms with van der Waals surface area (Å²) in [5, 5.41) is 13.6. The van der Waals surface area contributed by atoms with Crippen molar-refractivity contribution in [1.29, 1.82) is 0 Å². The number of hydrogen-bond acceptors (Lipinski definition) is 6. The van der Waals surface area contributed by atoms with E-state index in [9.17, 15) is 14.7 Å². The van der Waals surface area contributed by atoms with Crippen molar-refractivity contribution in [2.75, 3.05) is 0 Å². The van der Waals surface area contributed by atoms with E-state index in [0.717, 1.165) is 35.5 Å². The molecule has 1 aliphatic heterocycles. The molecule has 5 nitrogen and oxygen atoms in total. The molecule has 5 atom stereocenters. The van der Waals surface area contributed by atoms with Crippen LogP contribution in [0.15, 0.2) is 22.6 Å². The number of ketones is 1. The number of nitrogens with zero attached hydrogens (tertiary/aromatic N) is 1. The Bertz CT molecular complexity index is 841. The van der Waals surface area contributed by atoms with Crippen molar-refractivity contribution in [1.82, 2.24) is 4.98 Å². The van der Waals surface area contributed by atoms with Crippen molar-refractivity contribution < 1.29 is 19.4 Å². The first-order chi connectivity index (χ1) is 15.1. The van der Waals surface area contributed by atoms with Gasteiger partial charge in [0.05, 0.1) is 16.8 Å². The predicted molar refractivity (Wildman–Crippen MR) is 130 cm³/mol. The van der Waals surface area contributed by atoms with E-state index in [1.807, 2.05) is 39.2 Å². The number of rotatable bonds is 2. The van der Waals surface area contributed by atoms with Crippen LogP contribution in [0.25, 0.3) is 6.08 Å². The molecule has 2 heterocycles. The average molecular weight is 462 g/mol. The lowest BCUT2D eigenvalue weighted by Crippen LogP contribution is -2.34. The van der Waals surface area contributed by atoms with Gasteiger partial charge in [0, 0.05) is 30.1 Å². The smallest absolute Gasteiger partial charge is 0.306 e. The van der Waals surface area contributed by atoms with E-state index >= 15 is 0 Å². The Morgan fingerprint density at radius 3 is 2.56 bits per heavy atom. The molecule has 0 bridgehead atoms. The average Bonchev–Trinajstić information content (AvgIpc) is 3.16. The maximum atomic E-state index is 12.8. The van der Waals surface area contributed by atoms with Crippen molar-refractivity contribution in [2.24, 2.45) is 17.8 Å². The summed E-state index contributed by atoms with van der Waals surface area (Å²) < 4.78 is 5.85. The monoisotopic (exact) mass is 461 g/mol. The number of hydrogen-bond donors (Lipinski definition) is 1. The van der Waals surface area contributed by atoms with Gasteiger partial charge in [-0.25, -0.2) is 4.98 Å². The third kappa shape index (κ3) is 7.96. The van der Waals surface area contributed by atoms with Crippen LogP contribution in [0.2, 0.25) is 0 Å². The number of aliphatic hydroxyl groups is 1. The first-order valence-corrected chi connectivity index (χ1v) is 12.6. The van der Waals surface area contributed by atoms with Gasteiger partial charge < -0.3 is 9.84 Å². The minimum absolute atomic E-state index is 0.0202. The van der Waals surface area contributed by atoms with Crippen LogP contribution >= 0.6 is 11.3 Å². The normalized spacial score (nSPS) is 30.0. The van der Waals surface area contributed by atoms with E-state index in [1.54, 1.807) is 18.3 Å². The highest BCUT2D eigenvalue weighted by atomic mass is 32.1. The zero-order valence-electron chi connectivity index (χ0n) is 20.4. The van der Waals surface area contributed by atoms with E-state index in [0.29, 0.717) is 12.8 Å². The third-order valence-corrected chi connectivity index (χ3v) is 7.31. The minimum Gasteiger partial charge on any atom is -0.457 e. The zero-order chi connectivity index (χ0) is 23.8. The van der Waals surface area contributed by atoms with Gasteiger partial charge in [-0.2, -0.15) is 0 Å². The second kappa shape index (κ2) is 12.4. The molecule has 6 heteroatoms. The highest BCUT2D eigenvalue weighted by Crippen LogP contribution is 2.26. The second-order valence-corrected chi connectivity index (χ2v) is 10.5. The number of allylic oxidation sites excluding steroid dienone is 1. The molecule has 1 unspecified atom stereocenters. The van der Waals surface area contributed by atoms with Gasteiger partial charge in [0.1, 0.15) is 11.9 Å². The third-order valence-electron chi connectivity index (χ3n) is 6.52. The number of thiazole rings is 1. The maximum absolute atomic E-state index is 12.8. The van der Waals surface area contributed by atoms with E-state index in [4.69, 9.17) is 4.74 Å². The van der Waals surface area contributed by atoms with Gasteiger partial charge >= 0.3 is 5.97 Å². The fourth-order valence-electron chi connectivity index (χ4n) is 4.19. The highest BCUT2D eigenvalue weighted by Gasteiger charge is 2.30. The van der Waals surface area contributed by atoms with Gasteiger partial charge in [0.2, 0.25) is 0 Å². The Kier molecular flexibility index (Phi) is 10.3. The molecule has 0 aromatic carbocycles. The molecule has 1 aliphatic rings. The number of esters is 1. The SMILES string of the molecule is CC1=CCC(C(C)=Cc2csc(C)n2)OC(=O)CC[C@@H](C)C(=O)[C@H](C)[C@@H](O)[C@@H](C)CCC1. The fourth-order valence-corrected chi connectivity index (χ4v) is 4.76. The molecule has 1 N–H and O–H groups in total. The van der Waals surface area contributed by atoms with Gasteiger partial charge in [-0.05, 0) is 64.0 Å². The minimum atomic E-state index is -0.652. The van der Waals surface area contributed by atoms with Crippen LogP contribution in [0.4, 0.5) is 0 Å². The summed E-state index contributed by atoms with van der Waals surface area (Å²) in [5.41, 5.74) is 3.09. The molecule has 0 aliphatic carbocycles. The number of carbonyl (C=O) groups is 2. The van der Waals surface area contributed by atoms with Crippen molar-refractivity contribution in [3.8, 4) is 0 Å². The molecule has 1 aromatic rings. The first-order valence-electron chi connectivity index (χ1n) is 11.8. The van der Waals surface area contributed by atoms with Gasteiger partial charge in [0.25, 0.3) is 0 Å². The molecule has 0 amide bonds. The summed E-state index contributed by atoms with van der Waals surface area (Å²) in [6, 6.07) is 0. The fraction of sp³-hybridized carbons (Fsp3) is 0.654. The topological polar surface area (TPSA) is 76.5 Å². The Balaban J connectivity index is 2.21. The largest absolute Gasteiger partial charge is 0.457 e. The molecular formula is C26H39NO4S. The number of cyclic esters (lactones) is 1. The van der Waals surface area contributed by atoms with Crippen LogP contribution in [-0.2, 0) is 14.3 Å². The molecule has 32 heavy (non-hydrogen) atoms. The molecule has 0 fully saturated rings. The number of aliphatic hydroxyl groups excluding tert-OH is 1. The molecule has 0 saturated heterocycles. The molecular weight excluding hydrogens is 422 g/mol. The summed E-state index contributed by atoms with van der Waals surface area (Å²) >= 11 is 1.60. The van der Waals surface area contributed by atoms with Crippen LogP contribution in [0, 0.1) is 24.7 Å². The lowest BCUT2D eigenvalue weighted by molar-refractivity contribution is -0.147. The van der Waals surface area contributed by atoms with Crippen LogP contribution < -0.4 is 0 Å². The Hall–Kier alpha value is -1.79. The Labute approximate surface area is 197 Å². The lowest BCUT2D eigenvalue weighted by Gasteiger charge is -2.26. The van der Waals surface area contributed by atoms with Gasteiger partial charge in [-0.1, -0.05) is 32.4 Å². The standard InChI is InChI=1S/C26H39NO4S/c1-16-8-7-9-17(2)25(29)20(5)26(30)18(3)11-13-24(28)31-23(12-10-16)19(4)14-22-15-32-21(6)27-22/h10,14-15,17-18,20,23,25,29H,7-9,11-13H2,1-6H3/t17-,18+,20+,23?,25-/m0/s1. The van der Waals surface area contributed by atoms with Gasteiger partial charge in [-0.3, -0.25) is 9.59 Å². The van der Waals surface area contributed by atoms with E-state index in [-0.39, 0.29) is 36.1 Å². The zero-order valence-corrected chi connectivity index (χ0v) is 21.2. The summed E-state index contributed by atoms with van der Waals surface area (Å²) in [6.45, 7) is 11.7. The quantitative estimate of drug-likeness (QED) is 0.438. The van der Waals surface area contributed by atoms with Crippen LogP contribution in [0.1, 0.15) is 83.8 Å². The van der Waals surface area contributed by atoms with Crippen LogP contribution in [0.5, 0.6) is 0 Å². The number of aryl methyl sites for hydroxylation is 1. The van der Waals surface area contributed by atoms with Gasteiger partial charge in [-0.15, -0.1) is 11.3 Å². The number of carbonyl (C=O) groups excluding carboxylic acids is 2. The van der Waals surface area contributed by atoms with Crippen molar-refractivity contribution in [2.45, 2.75) is 92.3 Å². The van der Waals surface area contributed by atoms with E-state index in [2.05, 4.69) is 18.0 Å². The summed E-state index contributed by atoms with van der Waals surface area (Å²) in [6.07, 6.45) is 7.12. The first kappa shape index (κ1) is 26.5. The molecule has 1 aromatic heterocycles. The maximum Gasteiger partial charge on any atom is 0.306 e. The van der Waals surface area contributed by atoms with Crippen LogP contribution in [-0.4, -0.2) is 34.1 Å². The lowest BCUT2D eigenvalue weighted by atomic mass is 9.82. The molecule has 2 rings (SSSR count). The molecule has 0 spiro atoms.